The first-order valence-corrected chi connectivity index (χ1v) is 11.8. The van der Waals surface area contributed by atoms with Crippen molar-refractivity contribution in [1.29, 1.82) is 0 Å². The summed E-state index contributed by atoms with van der Waals surface area (Å²) in [5, 5.41) is 4.01. The average molecular weight is 437 g/mol. The van der Waals surface area contributed by atoms with Gasteiger partial charge >= 0.3 is 5.97 Å². The molecule has 32 heavy (non-hydrogen) atoms. The van der Waals surface area contributed by atoms with Crippen LogP contribution in [0.1, 0.15) is 92.6 Å². The summed E-state index contributed by atoms with van der Waals surface area (Å²) in [6.45, 7) is 4.16. The van der Waals surface area contributed by atoms with E-state index in [4.69, 9.17) is 4.74 Å². The molecular weight excluding hydrogens is 400 g/mol. The average Bonchev–Trinajstić information content (AvgIpc) is 2.79. The minimum atomic E-state index is -0.390. The molecule has 172 valence electrons. The van der Waals surface area contributed by atoms with E-state index < -0.39 is 0 Å². The lowest BCUT2D eigenvalue weighted by Gasteiger charge is -2.05. The van der Waals surface area contributed by atoms with Crippen LogP contribution in [0.25, 0.3) is 0 Å². The second kappa shape index (κ2) is 15.0. The Balaban J connectivity index is 1.62. The molecule has 0 atom stereocenters. The van der Waals surface area contributed by atoms with E-state index in [0.29, 0.717) is 17.7 Å². The largest absolute Gasteiger partial charge is 0.423 e. The Kier molecular flexibility index (Phi) is 11.8. The zero-order chi connectivity index (χ0) is 23.0. The van der Waals surface area contributed by atoms with Crippen molar-refractivity contribution >= 4 is 18.1 Å². The number of nitrogens with zero attached hydrogens (tertiary/aromatic N) is 1. The number of hydrogen-bond acceptors (Lipinski definition) is 4. The lowest BCUT2D eigenvalue weighted by molar-refractivity contribution is -0.121. The van der Waals surface area contributed by atoms with Gasteiger partial charge in [0.05, 0.1) is 11.8 Å². The van der Waals surface area contributed by atoms with Crippen molar-refractivity contribution in [3.63, 3.8) is 0 Å². The van der Waals surface area contributed by atoms with Gasteiger partial charge < -0.3 is 4.74 Å². The quantitative estimate of drug-likeness (QED) is 0.119. The van der Waals surface area contributed by atoms with Gasteiger partial charge in [0.15, 0.2) is 0 Å². The summed E-state index contributed by atoms with van der Waals surface area (Å²) in [6, 6.07) is 14.3. The number of hydrogen-bond donors (Lipinski definition) is 1. The molecule has 0 aliphatic heterocycles. The summed E-state index contributed by atoms with van der Waals surface area (Å²) in [6.07, 6.45) is 13.1. The molecule has 0 bridgehead atoms. The molecule has 0 heterocycles. The number of amides is 1. The maximum Gasteiger partial charge on any atom is 0.343 e. The van der Waals surface area contributed by atoms with Crippen LogP contribution >= 0.6 is 0 Å². The van der Waals surface area contributed by atoms with Gasteiger partial charge in [0, 0.05) is 6.42 Å². The molecule has 0 aliphatic carbocycles. The fourth-order valence-electron chi connectivity index (χ4n) is 3.39. The highest BCUT2D eigenvalue weighted by atomic mass is 16.5. The molecule has 0 fully saturated rings. The fourth-order valence-corrected chi connectivity index (χ4v) is 3.39. The van der Waals surface area contributed by atoms with E-state index in [0.717, 1.165) is 24.0 Å². The van der Waals surface area contributed by atoms with Crippen molar-refractivity contribution in [3.8, 4) is 5.75 Å². The van der Waals surface area contributed by atoms with E-state index in [1.165, 1.54) is 44.9 Å². The molecule has 5 heteroatoms. The number of unbranched alkanes of at least 4 members (excludes halogenated alkanes) is 8. The number of carbonyl (C=O) groups excluding carboxylic acids is 2. The van der Waals surface area contributed by atoms with Crippen molar-refractivity contribution in [3.05, 3.63) is 65.2 Å². The van der Waals surface area contributed by atoms with Crippen LogP contribution in [-0.4, -0.2) is 18.1 Å². The summed E-state index contributed by atoms with van der Waals surface area (Å²) in [5.41, 5.74) is 4.91. The topological polar surface area (TPSA) is 67.8 Å². The Morgan fingerprint density at radius 1 is 0.906 bits per heavy atom. The Bertz CT molecular complexity index is 859. The van der Waals surface area contributed by atoms with Crippen molar-refractivity contribution in [1.82, 2.24) is 5.43 Å². The first kappa shape index (κ1) is 25.3. The molecule has 0 unspecified atom stereocenters. The minimum absolute atomic E-state index is 0.0621. The Morgan fingerprint density at radius 2 is 1.56 bits per heavy atom. The number of rotatable bonds is 14. The maximum absolute atomic E-state index is 12.2. The van der Waals surface area contributed by atoms with Gasteiger partial charge in [0.25, 0.3) is 0 Å². The van der Waals surface area contributed by atoms with Gasteiger partial charge in [0.1, 0.15) is 5.75 Å². The second-order valence-corrected chi connectivity index (χ2v) is 8.20. The zero-order valence-electron chi connectivity index (χ0n) is 19.4. The standard InChI is InChI=1S/C27H36N2O3/c1-3-4-5-6-7-8-9-10-11-15-26(30)29-28-21-23-16-18-25(19-17-23)32-27(31)24-14-12-13-22(2)20-24/h12-14,16-21H,3-11,15H2,1-2H3,(H,29,30). The lowest BCUT2D eigenvalue weighted by Crippen LogP contribution is -2.16. The molecule has 0 aromatic heterocycles. The molecule has 2 rings (SSSR count). The summed E-state index contributed by atoms with van der Waals surface area (Å²) in [5.74, 6) is 0.00910. The smallest absolute Gasteiger partial charge is 0.343 e. The van der Waals surface area contributed by atoms with Gasteiger partial charge in [-0.3, -0.25) is 4.79 Å². The first-order valence-electron chi connectivity index (χ1n) is 11.8. The molecule has 0 saturated carbocycles. The predicted molar refractivity (Wildman–Crippen MR) is 130 cm³/mol. The number of hydrazone groups is 1. The van der Waals surface area contributed by atoms with Gasteiger partial charge in [0.2, 0.25) is 5.91 Å². The van der Waals surface area contributed by atoms with E-state index in [2.05, 4.69) is 17.5 Å². The van der Waals surface area contributed by atoms with Gasteiger partial charge in [-0.1, -0.05) is 76.0 Å². The third-order valence-electron chi connectivity index (χ3n) is 5.25. The number of esters is 1. The van der Waals surface area contributed by atoms with Crippen LogP contribution in [0, 0.1) is 6.92 Å². The number of carbonyl (C=O) groups is 2. The normalized spacial score (nSPS) is 10.9. The molecule has 0 saturated heterocycles. The van der Waals surface area contributed by atoms with Crippen molar-refractivity contribution in [2.45, 2.75) is 78.1 Å². The molecule has 1 amide bonds. The molecule has 0 radical (unpaired) electrons. The summed E-state index contributed by atoms with van der Waals surface area (Å²) < 4.78 is 5.40. The first-order chi connectivity index (χ1) is 15.6. The molecule has 5 nitrogen and oxygen atoms in total. The number of ether oxygens (including phenoxy) is 1. The van der Waals surface area contributed by atoms with E-state index in [-0.39, 0.29) is 11.9 Å². The molecule has 0 aliphatic rings. The predicted octanol–water partition coefficient (Wildman–Crippen LogP) is 6.59. The SMILES string of the molecule is CCCCCCCCCCCC(=O)NN=Cc1ccc(OC(=O)c2cccc(C)c2)cc1. The highest BCUT2D eigenvalue weighted by molar-refractivity contribution is 5.91. The molecule has 0 spiro atoms. The zero-order valence-corrected chi connectivity index (χ0v) is 19.4. The highest BCUT2D eigenvalue weighted by Crippen LogP contribution is 2.14. The van der Waals surface area contributed by atoms with Crippen molar-refractivity contribution in [2.24, 2.45) is 5.10 Å². The summed E-state index contributed by atoms with van der Waals surface area (Å²) >= 11 is 0. The van der Waals surface area contributed by atoms with Crippen molar-refractivity contribution in [2.75, 3.05) is 0 Å². The van der Waals surface area contributed by atoms with Crippen LogP contribution in [-0.2, 0) is 4.79 Å². The maximum atomic E-state index is 12.2. The van der Waals surface area contributed by atoms with Crippen LogP contribution in [0.2, 0.25) is 0 Å². The molecule has 2 aromatic rings. The Hall–Kier alpha value is -2.95. The monoisotopic (exact) mass is 436 g/mol. The van der Waals surface area contributed by atoms with Crippen LogP contribution in [0.4, 0.5) is 0 Å². The van der Waals surface area contributed by atoms with Gasteiger partial charge in [-0.25, -0.2) is 10.2 Å². The number of nitrogens with one attached hydrogen (secondary N) is 1. The van der Waals surface area contributed by atoms with Gasteiger partial charge in [-0.05, 0) is 55.3 Å². The summed E-state index contributed by atoms with van der Waals surface area (Å²) in [7, 11) is 0. The van der Waals surface area contributed by atoms with E-state index >= 15 is 0 Å². The van der Waals surface area contributed by atoms with Gasteiger partial charge in [-0.15, -0.1) is 0 Å². The summed E-state index contributed by atoms with van der Waals surface area (Å²) in [4.78, 5) is 24.1. The second-order valence-electron chi connectivity index (χ2n) is 8.20. The third-order valence-corrected chi connectivity index (χ3v) is 5.25. The van der Waals surface area contributed by atoms with E-state index in [1.54, 1.807) is 42.6 Å². The van der Waals surface area contributed by atoms with Crippen molar-refractivity contribution < 1.29 is 14.3 Å². The Morgan fingerprint density at radius 3 is 2.22 bits per heavy atom. The van der Waals surface area contributed by atoms with E-state index in [1.807, 2.05) is 19.1 Å². The number of aryl methyl sites for hydroxylation is 1. The van der Waals surface area contributed by atoms with Crippen LogP contribution in [0.3, 0.4) is 0 Å². The molecule has 2 aromatic carbocycles. The van der Waals surface area contributed by atoms with Crippen LogP contribution in [0.5, 0.6) is 5.75 Å². The molecule has 1 N–H and O–H groups in total. The van der Waals surface area contributed by atoms with E-state index in [9.17, 15) is 9.59 Å². The lowest BCUT2D eigenvalue weighted by atomic mass is 10.1. The minimum Gasteiger partial charge on any atom is -0.423 e. The Labute approximate surface area is 192 Å². The highest BCUT2D eigenvalue weighted by Gasteiger charge is 2.08. The third kappa shape index (κ3) is 10.4. The van der Waals surface area contributed by atoms with Gasteiger partial charge in [-0.2, -0.15) is 5.10 Å². The van der Waals surface area contributed by atoms with Crippen LogP contribution in [0.15, 0.2) is 53.6 Å². The fraction of sp³-hybridized carbons (Fsp3) is 0.444. The number of benzene rings is 2. The molecular formula is C27H36N2O3. The van der Waals surface area contributed by atoms with Crippen LogP contribution < -0.4 is 10.2 Å².